The second-order valence-corrected chi connectivity index (χ2v) is 7.55. The molecular formula is C23H21Cl2NO2S. The molecule has 0 bridgehead atoms. The molecule has 3 nitrogen and oxygen atoms in total. The number of nitrogens with one attached hydrogen (secondary N) is 1. The van der Waals surface area contributed by atoms with Crippen LogP contribution in [0.3, 0.4) is 0 Å². The Balaban J connectivity index is 1.73. The van der Waals surface area contributed by atoms with Gasteiger partial charge in [0.2, 0.25) is 0 Å². The predicted octanol–water partition coefficient (Wildman–Crippen LogP) is 6.44. The highest BCUT2D eigenvalue weighted by molar-refractivity contribution is 7.80. The van der Waals surface area contributed by atoms with Gasteiger partial charge in [0.05, 0.1) is 11.6 Å². The quantitative estimate of drug-likeness (QED) is 0.404. The van der Waals surface area contributed by atoms with Gasteiger partial charge >= 0.3 is 0 Å². The summed E-state index contributed by atoms with van der Waals surface area (Å²) in [4.78, 5) is 0.581. The Hall–Kier alpha value is -2.27. The van der Waals surface area contributed by atoms with E-state index in [4.69, 9.17) is 44.9 Å². The third-order valence-corrected chi connectivity index (χ3v) is 5.08. The fourth-order valence-corrected chi connectivity index (χ4v) is 3.30. The van der Waals surface area contributed by atoms with Gasteiger partial charge in [0, 0.05) is 17.1 Å². The molecule has 0 atom stereocenters. The topological polar surface area (TPSA) is 30.5 Å². The molecular weight excluding hydrogens is 425 g/mol. The third-order valence-electron chi connectivity index (χ3n) is 4.16. The number of benzene rings is 3. The van der Waals surface area contributed by atoms with Gasteiger partial charge < -0.3 is 14.8 Å². The summed E-state index contributed by atoms with van der Waals surface area (Å²) in [5, 5.41) is 4.40. The van der Waals surface area contributed by atoms with Crippen LogP contribution in [0.2, 0.25) is 10.0 Å². The molecule has 0 aliphatic heterocycles. The molecule has 1 N–H and O–H groups in total. The van der Waals surface area contributed by atoms with Crippen molar-refractivity contribution in [3.8, 4) is 11.5 Å². The number of ether oxygens (including phenoxy) is 2. The summed E-state index contributed by atoms with van der Waals surface area (Å²) in [5.74, 6) is 1.09. The molecule has 3 aromatic carbocycles. The monoisotopic (exact) mass is 445 g/mol. The van der Waals surface area contributed by atoms with Gasteiger partial charge in [0.15, 0.2) is 11.5 Å². The van der Waals surface area contributed by atoms with Crippen LogP contribution in [0.5, 0.6) is 11.5 Å². The van der Waals surface area contributed by atoms with Crippen molar-refractivity contribution in [3.63, 3.8) is 0 Å². The summed E-state index contributed by atoms with van der Waals surface area (Å²) >= 11 is 18.0. The summed E-state index contributed by atoms with van der Waals surface area (Å²) in [6, 6.07) is 21.2. The van der Waals surface area contributed by atoms with Crippen molar-refractivity contribution in [1.82, 2.24) is 5.32 Å². The molecule has 0 saturated carbocycles. The van der Waals surface area contributed by atoms with E-state index in [1.54, 1.807) is 6.07 Å². The van der Waals surface area contributed by atoms with Crippen LogP contribution >= 0.6 is 35.4 Å². The molecule has 0 aliphatic carbocycles. The molecule has 0 aliphatic rings. The maximum absolute atomic E-state index is 6.51. The van der Waals surface area contributed by atoms with Gasteiger partial charge in [-0.3, -0.25) is 0 Å². The van der Waals surface area contributed by atoms with E-state index in [-0.39, 0.29) is 0 Å². The molecule has 0 amide bonds. The van der Waals surface area contributed by atoms with Crippen LogP contribution in [0.25, 0.3) is 0 Å². The summed E-state index contributed by atoms with van der Waals surface area (Å²) in [5.41, 5.74) is 2.90. The van der Waals surface area contributed by atoms with Crippen molar-refractivity contribution >= 4 is 40.4 Å². The predicted molar refractivity (Wildman–Crippen MR) is 123 cm³/mol. The fourth-order valence-electron chi connectivity index (χ4n) is 2.72. The Bertz CT molecular complexity index is 963. The van der Waals surface area contributed by atoms with Crippen molar-refractivity contribution in [2.45, 2.75) is 20.1 Å². The number of hydrogen-bond donors (Lipinski definition) is 1. The van der Waals surface area contributed by atoms with Gasteiger partial charge in [-0.1, -0.05) is 77.9 Å². The second-order valence-electron chi connectivity index (χ2n) is 6.30. The van der Waals surface area contributed by atoms with E-state index < -0.39 is 0 Å². The largest absolute Gasteiger partial charge is 0.490 e. The highest BCUT2D eigenvalue weighted by atomic mass is 35.5. The van der Waals surface area contributed by atoms with Crippen LogP contribution in [0.1, 0.15) is 23.6 Å². The lowest BCUT2D eigenvalue weighted by molar-refractivity contribution is 0.269. The van der Waals surface area contributed by atoms with Crippen molar-refractivity contribution in [3.05, 3.63) is 93.5 Å². The minimum absolute atomic E-state index is 0.402. The first-order valence-corrected chi connectivity index (χ1v) is 10.4. The lowest BCUT2D eigenvalue weighted by Gasteiger charge is -2.16. The minimum Gasteiger partial charge on any atom is -0.490 e. The molecule has 0 saturated heterocycles. The van der Waals surface area contributed by atoms with Crippen LogP contribution in [0, 0.1) is 0 Å². The van der Waals surface area contributed by atoms with E-state index in [2.05, 4.69) is 5.32 Å². The number of halogens is 2. The summed E-state index contributed by atoms with van der Waals surface area (Å²) < 4.78 is 11.7. The molecule has 29 heavy (non-hydrogen) atoms. The minimum atomic E-state index is 0.402. The Kier molecular flexibility index (Phi) is 7.76. The molecule has 0 fully saturated rings. The lowest BCUT2D eigenvalue weighted by atomic mass is 10.1. The fraction of sp³-hybridized carbons (Fsp3) is 0.174. The van der Waals surface area contributed by atoms with Gasteiger partial charge in [-0.25, -0.2) is 0 Å². The molecule has 3 rings (SSSR count). The molecule has 6 heteroatoms. The van der Waals surface area contributed by atoms with Crippen molar-refractivity contribution in [2.24, 2.45) is 0 Å². The number of hydrogen-bond acceptors (Lipinski definition) is 3. The van der Waals surface area contributed by atoms with E-state index in [1.165, 1.54) is 0 Å². The maximum atomic E-state index is 6.51. The zero-order chi connectivity index (χ0) is 20.6. The van der Waals surface area contributed by atoms with Crippen LogP contribution in [-0.2, 0) is 13.2 Å². The average Bonchev–Trinajstić information content (AvgIpc) is 2.73. The highest BCUT2D eigenvalue weighted by Gasteiger charge is 2.15. The molecule has 0 unspecified atom stereocenters. The van der Waals surface area contributed by atoms with Crippen LogP contribution in [0.4, 0.5) is 0 Å². The zero-order valence-electron chi connectivity index (χ0n) is 16.0. The van der Waals surface area contributed by atoms with Gasteiger partial charge in [0.1, 0.15) is 11.6 Å². The van der Waals surface area contributed by atoms with E-state index >= 15 is 0 Å². The van der Waals surface area contributed by atoms with Crippen LogP contribution in [0.15, 0.2) is 66.7 Å². The Morgan fingerprint density at radius 2 is 1.66 bits per heavy atom. The molecule has 0 radical (unpaired) electrons. The Morgan fingerprint density at radius 1 is 0.931 bits per heavy atom. The molecule has 0 aromatic heterocycles. The smallest absolute Gasteiger partial charge is 0.180 e. The van der Waals surface area contributed by atoms with Crippen molar-refractivity contribution in [1.29, 1.82) is 0 Å². The summed E-state index contributed by atoms with van der Waals surface area (Å²) in [6.07, 6.45) is 0. The van der Waals surface area contributed by atoms with E-state index in [1.807, 2.05) is 67.6 Å². The first-order valence-electron chi connectivity index (χ1n) is 9.22. The first-order chi connectivity index (χ1) is 14.1. The highest BCUT2D eigenvalue weighted by Crippen LogP contribution is 2.37. The summed E-state index contributed by atoms with van der Waals surface area (Å²) in [7, 11) is 0. The molecule has 0 heterocycles. The number of thiocarbonyl (C=S) groups is 1. The lowest BCUT2D eigenvalue weighted by Crippen LogP contribution is -2.21. The third kappa shape index (κ3) is 6.10. The standard InChI is InChI=1S/C23H21Cl2NO2S/c1-2-27-21-13-18(23(29)26-14-16-8-10-19(24)11-9-16)12-20(25)22(21)28-15-17-6-4-3-5-7-17/h3-13H,2,14-15H2,1H3,(H,26,29). The van der Waals surface area contributed by atoms with Crippen molar-refractivity contribution in [2.75, 3.05) is 6.61 Å². The van der Waals surface area contributed by atoms with Gasteiger partial charge in [-0.05, 0) is 42.3 Å². The van der Waals surface area contributed by atoms with Gasteiger partial charge in [-0.15, -0.1) is 0 Å². The Labute approximate surface area is 186 Å². The molecule has 0 spiro atoms. The van der Waals surface area contributed by atoms with Crippen molar-refractivity contribution < 1.29 is 9.47 Å². The normalized spacial score (nSPS) is 10.4. The van der Waals surface area contributed by atoms with E-state index in [0.29, 0.717) is 46.3 Å². The Morgan fingerprint density at radius 3 is 2.34 bits per heavy atom. The SMILES string of the molecule is CCOc1cc(C(=S)NCc2ccc(Cl)cc2)cc(Cl)c1OCc1ccccc1. The molecule has 150 valence electrons. The molecule has 3 aromatic rings. The van der Waals surface area contributed by atoms with Crippen LogP contribution < -0.4 is 14.8 Å². The summed E-state index contributed by atoms with van der Waals surface area (Å²) in [6.45, 7) is 3.40. The van der Waals surface area contributed by atoms with Crippen LogP contribution in [-0.4, -0.2) is 11.6 Å². The van der Waals surface area contributed by atoms with Gasteiger partial charge in [-0.2, -0.15) is 0 Å². The zero-order valence-corrected chi connectivity index (χ0v) is 18.3. The van der Waals surface area contributed by atoms with E-state index in [0.717, 1.165) is 16.7 Å². The maximum Gasteiger partial charge on any atom is 0.180 e. The first kappa shape index (κ1) is 21.4. The second kappa shape index (κ2) is 10.5. The van der Waals surface area contributed by atoms with Gasteiger partial charge in [0.25, 0.3) is 0 Å². The number of rotatable bonds is 8. The average molecular weight is 446 g/mol. The van der Waals surface area contributed by atoms with E-state index in [9.17, 15) is 0 Å².